The minimum atomic E-state index is -0.108. The van der Waals surface area contributed by atoms with Crippen molar-refractivity contribution in [2.45, 2.75) is 40.0 Å². The Labute approximate surface area is 116 Å². The predicted molar refractivity (Wildman–Crippen MR) is 79.5 cm³/mol. The molecule has 0 atom stereocenters. The summed E-state index contributed by atoms with van der Waals surface area (Å²) in [5, 5.41) is 0. The average molecular weight is 266 g/mol. The van der Waals surface area contributed by atoms with E-state index in [1.54, 1.807) is 0 Å². The number of aromatic nitrogens is 2. The predicted octanol–water partition coefficient (Wildman–Crippen LogP) is 2.22. The fourth-order valence-electron chi connectivity index (χ4n) is 1.70. The highest BCUT2D eigenvalue weighted by molar-refractivity contribution is 5.47. The van der Waals surface area contributed by atoms with Crippen LogP contribution in [0.25, 0.3) is 0 Å². The Morgan fingerprint density at radius 1 is 1.26 bits per heavy atom. The molecule has 1 rings (SSSR count). The van der Waals surface area contributed by atoms with Crippen molar-refractivity contribution >= 4 is 11.6 Å². The van der Waals surface area contributed by atoms with Gasteiger partial charge in [0.1, 0.15) is 17.5 Å². The molecule has 0 aliphatic carbocycles. The topological polar surface area (TPSA) is 64.3 Å². The Bertz CT molecular complexity index is 401. The lowest BCUT2D eigenvalue weighted by atomic mass is 9.96. The second-order valence-corrected chi connectivity index (χ2v) is 5.50. The number of nitrogen functional groups attached to an aromatic ring is 1. The highest BCUT2D eigenvalue weighted by Crippen LogP contribution is 2.22. The number of ether oxygens (including phenoxy) is 1. The van der Waals surface area contributed by atoms with E-state index in [2.05, 4.69) is 42.6 Å². The van der Waals surface area contributed by atoms with Crippen molar-refractivity contribution in [1.82, 2.24) is 9.97 Å². The summed E-state index contributed by atoms with van der Waals surface area (Å²) >= 11 is 0. The zero-order valence-electron chi connectivity index (χ0n) is 12.7. The third kappa shape index (κ3) is 4.67. The quantitative estimate of drug-likeness (QED) is 0.800. The van der Waals surface area contributed by atoms with Gasteiger partial charge in [-0.05, 0) is 13.8 Å². The van der Waals surface area contributed by atoms with E-state index in [1.165, 1.54) is 0 Å². The molecule has 0 spiro atoms. The van der Waals surface area contributed by atoms with Gasteiger partial charge in [-0.25, -0.2) is 9.97 Å². The monoisotopic (exact) mass is 266 g/mol. The first-order valence-electron chi connectivity index (χ1n) is 6.86. The summed E-state index contributed by atoms with van der Waals surface area (Å²) in [5.41, 5.74) is 5.79. The number of rotatable bonds is 6. The average Bonchev–Trinajstić information content (AvgIpc) is 2.33. The molecule has 5 nitrogen and oxygen atoms in total. The van der Waals surface area contributed by atoms with Gasteiger partial charge < -0.3 is 15.4 Å². The van der Waals surface area contributed by atoms with Crippen molar-refractivity contribution in [1.29, 1.82) is 0 Å². The van der Waals surface area contributed by atoms with Crippen LogP contribution in [0.15, 0.2) is 6.07 Å². The van der Waals surface area contributed by atoms with Gasteiger partial charge in [0.15, 0.2) is 0 Å². The van der Waals surface area contributed by atoms with Crippen LogP contribution in [0.4, 0.5) is 11.6 Å². The first kappa shape index (κ1) is 15.7. The molecule has 0 unspecified atom stereocenters. The third-order valence-corrected chi connectivity index (χ3v) is 2.82. The molecular weight excluding hydrogens is 240 g/mol. The number of hydrogen-bond acceptors (Lipinski definition) is 5. The molecule has 0 saturated carbocycles. The summed E-state index contributed by atoms with van der Waals surface area (Å²) < 4.78 is 5.40. The van der Waals surface area contributed by atoms with Gasteiger partial charge in [-0.15, -0.1) is 0 Å². The molecule has 0 radical (unpaired) electrons. The second-order valence-electron chi connectivity index (χ2n) is 5.50. The Hall–Kier alpha value is -1.36. The summed E-state index contributed by atoms with van der Waals surface area (Å²) in [4.78, 5) is 11.1. The molecule has 19 heavy (non-hydrogen) atoms. The van der Waals surface area contributed by atoms with Crippen molar-refractivity contribution < 1.29 is 4.74 Å². The Morgan fingerprint density at radius 3 is 2.47 bits per heavy atom. The van der Waals surface area contributed by atoms with Gasteiger partial charge in [-0.3, -0.25) is 0 Å². The number of nitrogens with two attached hydrogens (primary N) is 1. The van der Waals surface area contributed by atoms with Gasteiger partial charge in [-0.2, -0.15) is 0 Å². The van der Waals surface area contributed by atoms with Crippen LogP contribution in [-0.4, -0.2) is 36.3 Å². The number of hydrogen-bond donors (Lipinski definition) is 1. The van der Waals surface area contributed by atoms with Gasteiger partial charge in [-0.1, -0.05) is 20.8 Å². The molecular formula is C14H26N4O. The summed E-state index contributed by atoms with van der Waals surface area (Å²) in [6.45, 7) is 13.5. The zero-order valence-corrected chi connectivity index (χ0v) is 12.7. The number of likely N-dealkylation sites (N-methyl/N-ethyl adjacent to an activating group) is 1. The van der Waals surface area contributed by atoms with Crippen LogP contribution in [0.2, 0.25) is 0 Å². The van der Waals surface area contributed by atoms with E-state index >= 15 is 0 Å². The lowest BCUT2D eigenvalue weighted by Gasteiger charge is -2.24. The van der Waals surface area contributed by atoms with E-state index < -0.39 is 0 Å². The van der Waals surface area contributed by atoms with Gasteiger partial charge in [0.2, 0.25) is 0 Å². The van der Waals surface area contributed by atoms with Gasteiger partial charge in [0.05, 0.1) is 6.61 Å². The zero-order chi connectivity index (χ0) is 14.5. The van der Waals surface area contributed by atoms with Crippen molar-refractivity contribution in [2.75, 3.05) is 36.9 Å². The van der Waals surface area contributed by atoms with E-state index in [4.69, 9.17) is 10.5 Å². The molecule has 108 valence electrons. The third-order valence-electron chi connectivity index (χ3n) is 2.82. The Kier molecular flexibility index (Phi) is 5.54. The minimum absolute atomic E-state index is 0.108. The van der Waals surface area contributed by atoms with Gasteiger partial charge in [0.25, 0.3) is 0 Å². The SMILES string of the molecule is CCOCCN(CC)c1cc(N)nc(C(C)(C)C)n1. The highest BCUT2D eigenvalue weighted by atomic mass is 16.5. The first-order chi connectivity index (χ1) is 8.88. The number of nitrogens with zero attached hydrogens (tertiary/aromatic N) is 3. The molecule has 0 amide bonds. The standard InChI is InChI=1S/C14H26N4O/c1-6-18(8-9-19-7-2)12-10-11(15)16-13(17-12)14(3,4)5/h10H,6-9H2,1-5H3,(H2,15,16,17). The Balaban J connectivity index is 2.94. The highest BCUT2D eigenvalue weighted by Gasteiger charge is 2.20. The maximum Gasteiger partial charge on any atom is 0.138 e. The molecule has 0 saturated heterocycles. The van der Waals surface area contributed by atoms with Crippen LogP contribution in [0.3, 0.4) is 0 Å². The van der Waals surface area contributed by atoms with Crippen molar-refractivity contribution in [3.8, 4) is 0 Å². The molecule has 1 aromatic heterocycles. The molecule has 1 aromatic rings. The molecule has 1 heterocycles. The Morgan fingerprint density at radius 2 is 1.95 bits per heavy atom. The van der Waals surface area contributed by atoms with E-state index in [-0.39, 0.29) is 5.41 Å². The molecule has 0 bridgehead atoms. The molecule has 2 N–H and O–H groups in total. The van der Waals surface area contributed by atoms with Crippen LogP contribution < -0.4 is 10.6 Å². The lowest BCUT2D eigenvalue weighted by Crippen LogP contribution is -2.29. The fraction of sp³-hybridized carbons (Fsp3) is 0.714. The minimum Gasteiger partial charge on any atom is -0.384 e. The maximum absolute atomic E-state index is 5.89. The smallest absolute Gasteiger partial charge is 0.138 e. The lowest BCUT2D eigenvalue weighted by molar-refractivity contribution is 0.154. The molecule has 0 aliphatic rings. The second kappa shape index (κ2) is 6.70. The summed E-state index contributed by atoms with van der Waals surface area (Å²) in [6.07, 6.45) is 0. The summed E-state index contributed by atoms with van der Waals surface area (Å²) in [6, 6.07) is 1.82. The van der Waals surface area contributed by atoms with Crippen molar-refractivity contribution in [3.63, 3.8) is 0 Å². The fourth-order valence-corrected chi connectivity index (χ4v) is 1.70. The van der Waals surface area contributed by atoms with Gasteiger partial charge >= 0.3 is 0 Å². The van der Waals surface area contributed by atoms with Crippen LogP contribution in [0.1, 0.15) is 40.4 Å². The summed E-state index contributed by atoms with van der Waals surface area (Å²) in [5.74, 6) is 2.17. The molecule has 0 aliphatic heterocycles. The maximum atomic E-state index is 5.89. The largest absolute Gasteiger partial charge is 0.384 e. The van der Waals surface area contributed by atoms with E-state index in [0.717, 1.165) is 31.3 Å². The van der Waals surface area contributed by atoms with Crippen LogP contribution >= 0.6 is 0 Å². The van der Waals surface area contributed by atoms with Crippen molar-refractivity contribution in [2.24, 2.45) is 0 Å². The van der Waals surface area contributed by atoms with Crippen LogP contribution in [0, 0.1) is 0 Å². The van der Waals surface area contributed by atoms with Crippen molar-refractivity contribution in [3.05, 3.63) is 11.9 Å². The van der Waals surface area contributed by atoms with E-state index in [0.29, 0.717) is 12.4 Å². The number of anilines is 2. The normalized spacial score (nSPS) is 11.6. The molecule has 5 heteroatoms. The van der Waals surface area contributed by atoms with E-state index in [9.17, 15) is 0 Å². The first-order valence-corrected chi connectivity index (χ1v) is 6.86. The molecule has 0 fully saturated rings. The van der Waals surface area contributed by atoms with Crippen LogP contribution in [-0.2, 0) is 10.2 Å². The van der Waals surface area contributed by atoms with E-state index in [1.807, 2.05) is 13.0 Å². The van der Waals surface area contributed by atoms with Crippen LogP contribution in [0.5, 0.6) is 0 Å². The summed E-state index contributed by atoms with van der Waals surface area (Å²) in [7, 11) is 0. The molecule has 0 aromatic carbocycles. The van der Waals surface area contributed by atoms with Gasteiger partial charge in [0, 0.05) is 31.2 Å².